The van der Waals surface area contributed by atoms with Crippen molar-refractivity contribution in [3.05, 3.63) is 0 Å². The zero-order valence-corrected chi connectivity index (χ0v) is 19.0. The summed E-state index contributed by atoms with van der Waals surface area (Å²) in [5.41, 5.74) is 2.36. The smallest absolute Gasteiger partial charge is 1.00 e. The molecule has 3 aliphatic rings. The first kappa shape index (κ1) is 21.6. The van der Waals surface area contributed by atoms with Crippen LogP contribution in [0.25, 0.3) is 0 Å². The van der Waals surface area contributed by atoms with E-state index in [9.17, 15) is 13.0 Å². The Morgan fingerprint density at radius 1 is 0.708 bits per heavy atom. The summed E-state index contributed by atoms with van der Waals surface area (Å²) >= 11 is 0. The van der Waals surface area contributed by atoms with Crippen LogP contribution in [0.1, 0.15) is 91.3 Å². The molecule has 3 rings (SSSR count). The molecular formula is C18H34NaO3PS. The quantitative estimate of drug-likeness (QED) is 0.460. The molecule has 3 nitrogen and oxygen atoms in total. The van der Waals surface area contributed by atoms with Crippen LogP contribution in [-0.4, -0.2) is 35.2 Å². The zero-order chi connectivity index (χ0) is 16.3. The van der Waals surface area contributed by atoms with Crippen LogP contribution in [0.5, 0.6) is 0 Å². The maximum Gasteiger partial charge on any atom is 1.00 e. The normalized spacial score (nSPS) is 30.9. The second-order valence-corrected chi connectivity index (χ2v) is 12.8. The van der Waals surface area contributed by atoms with E-state index < -0.39 is 15.4 Å². The van der Waals surface area contributed by atoms with E-state index >= 15 is 0 Å². The Balaban J connectivity index is 0.00000156. The van der Waals surface area contributed by atoms with Crippen molar-refractivity contribution in [1.29, 1.82) is 0 Å². The third-order valence-corrected chi connectivity index (χ3v) is 11.7. The molecule has 0 bridgehead atoms. The van der Waals surface area contributed by atoms with Gasteiger partial charge in [-0.2, -0.15) is 8.42 Å². The van der Waals surface area contributed by atoms with Crippen molar-refractivity contribution in [2.75, 3.05) is 0 Å². The summed E-state index contributed by atoms with van der Waals surface area (Å²) in [5, 5.41) is -0.474. The van der Waals surface area contributed by atoms with Crippen LogP contribution in [0.3, 0.4) is 0 Å². The van der Waals surface area contributed by atoms with E-state index in [1.165, 1.54) is 70.6 Å². The summed E-state index contributed by atoms with van der Waals surface area (Å²) in [6.45, 7) is 0. The second kappa shape index (κ2) is 10.0. The first-order chi connectivity index (χ1) is 11.1. The molecular weight excluding hydrogens is 350 g/mol. The fraction of sp³-hybridized carbons (Fsp3) is 1.00. The third kappa shape index (κ3) is 5.67. The number of hydrogen-bond donors (Lipinski definition) is 1. The van der Waals surface area contributed by atoms with Gasteiger partial charge < -0.3 is 1.43 Å². The molecule has 0 aromatic carbocycles. The maximum absolute atomic E-state index is 11.7. The van der Waals surface area contributed by atoms with Gasteiger partial charge in [0.1, 0.15) is 0 Å². The molecule has 0 radical (unpaired) electrons. The van der Waals surface area contributed by atoms with Crippen LogP contribution in [0.15, 0.2) is 0 Å². The summed E-state index contributed by atoms with van der Waals surface area (Å²) in [7, 11) is -3.91. The van der Waals surface area contributed by atoms with Gasteiger partial charge >= 0.3 is 29.6 Å². The zero-order valence-electron chi connectivity index (χ0n) is 16.3. The van der Waals surface area contributed by atoms with Crippen molar-refractivity contribution in [3.8, 4) is 0 Å². The standard InChI is InChI=1S/C18H33O3PS.Na.H/c19-23(20,21)18-13-7-12-17(14-18)22(15-8-3-1-4-9-15)16-10-5-2-6-11-16;;/h15-18H,1-14H2,(H,19,20,21);;/q;+1;-1. The van der Waals surface area contributed by atoms with Crippen molar-refractivity contribution in [3.63, 3.8) is 0 Å². The molecule has 136 valence electrons. The molecule has 0 aromatic rings. The molecule has 0 aliphatic heterocycles. The van der Waals surface area contributed by atoms with E-state index in [-0.39, 0.29) is 38.9 Å². The number of rotatable bonds is 4. The van der Waals surface area contributed by atoms with Gasteiger partial charge in [-0.3, -0.25) is 4.55 Å². The van der Waals surface area contributed by atoms with Gasteiger partial charge in [-0.05, 0) is 61.9 Å². The fourth-order valence-electron chi connectivity index (χ4n) is 5.31. The summed E-state index contributed by atoms with van der Waals surface area (Å²) in [6, 6.07) is 0. The van der Waals surface area contributed by atoms with Crippen molar-refractivity contribution < 1.29 is 44.0 Å². The van der Waals surface area contributed by atoms with Gasteiger partial charge in [0, 0.05) is 0 Å². The van der Waals surface area contributed by atoms with Gasteiger partial charge in [0.2, 0.25) is 0 Å². The summed E-state index contributed by atoms with van der Waals surface area (Å²) in [5.74, 6) is 0. The van der Waals surface area contributed by atoms with Crippen molar-refractivity contribution in [2.24, 2.45) is 0 Å². The minimum Gasteiger partial charge on any atom is -1.00 e. The first-order valence-electron chi connectivity index (χ1n) is 9.79. The van der Waals surface area contributed by atoms with Crippen LogP contribution < -0.4 is 29.6 Å². The molecule has 0 aromatic heterocycles. The fourth-order valence-corrected chi connectivity index (χ4v) is 11.1. The molecule has 3 saturated carbocycles. The molecule has 6 heteroatoms. The monoisotopic (exact) mass is 384 g/mol. The van der Waals surface area contributed by atoms with Crippen LogP contribution in [0.4, 0.5) is 0 Å². The van der Waals surface area contributed by atoms with Gasteiger partial charge in [-0.15, -0.1) is 0 Å². The topological polar surface area (TPSA) is 54.4 Å². The number of hydrogen-bond acceptors (Lipinski definition) is 2. The molecule has 0 spiro atoms. The average Bonchev–Trinajstić information content (AvgIpc) is 2.57. The third-order valence-electron chi connectivity index (χ3n) is 6.43. The van der Waals surface area contributed by atoms with E-state index in [0.717, 1.165) is 24.2 Å². The van der Waals surface area contributed by atoms with Gasteiger partial charge in [-0.25, -0.2) is 0 Å². The minimum absolute atomic E-state index is 0. The molecule has 0 heterocycles. The molecule has 24 heavy (non-hydrogen) atoms. The molecule has 2 unspecified atom stereocenters. The Kier molecular flexibility index (Phi) is 9.05. The van der Waals surface area contributed by atoms with Gasteiger partial charge in [0.15, 0.2) is 0 Å². The Hall–Kier alpha value is 1.34. The van der Waals surface area contributed by atoms with Gasteiger partial charge in [0.05, 0.1) is 5.25 Å². The van der Waals surface area contributed by atoms with Crippen molar-refractivity contribution in [2.45, 2.75) is 112 Å². The van der Waals surface area contributed by atoms with Crippen LogP contribution in [-0.2, 0) is 10.1 Å². The van der Waals surface area contributed by atoms with Gasteiger partial charge in [-0.1, -0.05) is 52.9 Å². The first-order valence-corrected chi connectivity index (χ1v) is 12.8. The largest absolute Gasteiger partial charge is 1.00 e. The van der Waals surface area contributed by atoms with E-state index in [2.05, 4.69) is 0 Å². The SMILES string of the molecule is O=S(=O)(O)C1CCCC(P(C2CCCCC2)C2CCCCC2)C1.[H-].[Na+]. The molecule has 0 saturated heterocycles. The van der Waals surface area contributed by atoms with Crippen LogP contribution in [0.2, 0.25) is 0 Å². The Morgan fingerprint density at radius 3 is 1.62 bits per heavy atom. The molecule has 3 aliphatic carbocycles. The Labute approximate surface area is 173 Å². The predicted molar refractivity (Wildman–Crippen MR) is 99.4 cm³/mol. The van der Waals surface area contributed by atoms with Gasteiger partial charge in [0.25, 0.3) is 10.1 Å². The second-order valence-electron chi connectivity index (χ2n) is 7.99. The minimum atomic E-state index is -3.84. The molecule has 1 N–H and O–H groups in total. The summed E-state index contributed by atoms with van der Waals surface area (Å²) < 4.78 is 32.9. The maximum atomic E-state index is 11.7. The Bertz CT molecular complexity index is 461. The van der Waals surface area contributed by atoms with Crippen LogP contribution in [0, 0.1) is 0 Å². The molecule has 3 fully saturated rings. The molecule has 0 amide bonds. The summed E-state index contributed by atoms with van der Waals surface area (Å²) in [4.78, 5) is 0. The predicted octanol–water partition coefficient (Wildman–Crippen LogP) is 2.45. The molecule has 2 atom stereocenters. The van der Waals surface area contributed by atoms with Crippen molar-refractivity contribution in [1.82, 2.24) is 0 Å². The van der Waals surface area contributed by atoms with E-state index in [4.69, 9.17) is 0 Å². The summed E-state index contributed by atoms with van der Waals surface area (Å²) in [6.07, 6.45) is 17.5. The van der Waals surface area contributed by atoms with E-state index in [0.29, 0.717) is 12.1 Å². The van der Waals surface area contributed by atoms with E-state index in [1.807, 2.05) is 0 Å². The average molecular weight is 384 g/mol. The van der Waals surface area contributed by atoms with Crippen LogP contribution >= 0.6 is 7.92 Å². The van der Waals surface area contributed by atoms with E-state index in [1.54, 1.807) is 0 Å². The Morgan fingerprint density at radius 2 is 1.17 bits per heavy atom. The van der Waals surface area contributed by atoms with Crippen molar-refractivity contribution >= 4 is 18.0 Å².